The van der Waals surface area contributed by atoms with Gasteiger partial charge in [-0.3, -0.25) is 14.4 Å². The highest BCUT2D eigenvalue weighted by Crippen LogP contribution is 2.51. The molecule has 0 spiro atoms. The molecule has 4 heterocycles. The number of aliphatic carboxylic acids is 1. The largest absolute Gasteiger partial charge is 0.477 e. The maximum Gasteiger partial charge on any atom is 0.353 e. The zero-order valence-electron chi connectivity index (χ0n) is 22.0. The molecule has 0 saturated carbocycles. The van der Waals surface area contributed by atoms with E-state index in [1.54, 1.807) is 19.1 Å². The van der Waals surface area contributed by atoms with E-state index < -0.39 is 24.0 Å². The molecule has 40 heavy (non-hydrogen) atoms. The predicted octanol–water partition coefficient (Wildman–Crippen LogP) is -0.488. The molecule has 5 rings (SSSR count). The van der Waals surface area contributed by atoms with E-state index in [0.29, 0.717) is 30.1 Å². The Morgan fingerprint density at radius 1 is 1.27 bits per heavy atom. The fraction of sp³-hybridized carbons (Fsp3) is 0.480. The van der Waals surface area contributed by atoms with Gasteiger partial charge in [-0.1, -0.05) is 19.1 Å². The van der Waals surface area contributed by atoms with Gasteiger partial charge in [0.15, 0.2) is 0 Å². The van der Waals surface area contributed by atoms with Gasteiger partial charge in [0, 0.05) is 40.9 Å². The summed E-state index contributed by atoms with van der Waals surface area (Å²) in [7, 11) is 0. The van der Waals surface area contributed by atoms with Crippen molar-refractivity contribution in [2.45, 2.75) is 56.7 Å². The zero-order valence-corrected chi connectivity index (χ0v) is 22.8. The Morgan fingerprint density at radius 2 is 2.02 bits per heavy atom. The molecule has 6 atom stereocenters. The molecular formula is C25H31N9O5S. The molecule has 3 amide bonds. The van der Waals surface area contributed by atoms with Gasteiger partial charge >= 0.3 is 5.97 Å². The first kappa shape index (κ1) is 27.7. The second-order valence-electron chi connectivity index (χ2n) is 10.2. The fourth-order valence-electron chi connectivity index (χ4n) is 5.61. The number of carboxylic acids is 1. The van der Waals surface area contributed by atoms with Crippen LogP contribution in [0, 0.1) is 11.8 Å². The fourth-order valence-corrected chi connectivity index (χ4v) is 7.09. The highest BCUT2D eigenvalue weighted by atomic mass is 32.2. The van der Waals surface area contributed by atoms with Crippen LogP contribution in [0.3, 0.4) is 0 Å². The Morgan fingerprint density at radius 3 is 2.67 bits per heavy atom. The number of hydrogen-bond acceptors (Lipinski definition) is 10. The highest BCUT2D eigenvalue weighted by molar-refractivity contribution is 8.03. The van der Waals surface area contributed by atoms with Crippen LogP contribution >= 0.6 is 11.8 Å². The number of hydrogen-bond donors (Lipinski definition) is 5. The summed E-state index contributed by atoms with van der Waals surface area (Å²) in [6.45, 7) is 4.49. The van der Waals surface area contributed by atoms with Gasteiger partial charge in [-0.2, -0.15) is 0 Å². The number of carbonyl (C=O) groups excluding carboxylic acids is 3. The van der Waals surface area contributed by atoms with E-state index in [2.05, 4.69) is 31.5 Å². The number of β-lactam (4-membered cyclic amide) rings is 1. The predicted molar refractivity (Wildman–Crippen MR) is 144 cm³/mol. The van der Waals surface area contributed by atoms with Gasteiger partial charge in [0.25, 0.3) is 0 Å². The number of rotatable bonds is 10. The number of tetrazole rings is 1. The molecule has 0 radical (unpaired) electrons. The van der Waals surface area contributed by atoms with Gasteiger partial charge in [-0.15, -0.1) is 16.9 Å². The van der Waals surface area contributed by atoms with E-state index >= 15 is 0 Å². The Bertz CT molecular complexity index is 1330. The molecule has 14 nitrogen and oxygen atoms in total. The lowest BCUT2D eigenvalue weighted by Crippen LogP contribution is -2.66. The molecule has 15 heteroatoms. The van der Waals surface area contributed by atoms with E-state index in [4.69, 9.17) is 5.73 Å². The average molecular weight is 570 g/mol. The molecule has 0 bridgehead atoms. The van der Waals surface area contributed by atoms with Crippen LogP contribution in [-0.4, -0.2) is 83.8 Å². The summed E-state index contributed by atoms with van der Waals surface area (Å²) in [6, 6.07) is 6.00. The van der Waals surface area contributed by atoms with E-state index in [0.717, 1.165) is 5.56 Å². The third-order valence-corrected chi connectivity index (χ3v) is 9.09. The normalized spacial score (nSPS) is 26.3. The quantitative estimate of drug-likeness (QED) is 0.232. The molecule has 0 unspecified atom stereocenters. The van der Waals surface area contributed by atoms with Crippen molar-refractivity contribution < 1.29 is 24.3 Å². The second-order valence-corrected chi connectivity index (χ2v) is 11.6. The lowest BCUT2D eigenvalue weighted by molar-refractivity contribution is -0.158. The van der Waals surface area contributed by atoms with Crippen LogP contribution in [0.15, 0.2) is 41.2 Å². The maximum absolute atomic E-state index is 13.1. The lowest BCUT2D eigenvalue weighted by atomic mass is 9.78. The molecule has 2 fully saturated rings. The molecule has 1 aromatic heterocycles. The maximum atomic E-state index is 13.1. The third-order valence-electron chi connectivity index (χ3n) is 7.57. The summed E-state index contributed by atoms with van der Waals surface area (Å²) in [6.07, 6.45) is 1.82. The molecule has 2 saturated heterocycles. The number of nitrogens with one attached hydrogen (secondary N) is 3. The minimum Gasteiger partial charge on any atom is -0.477 e. The van der Waals surface area contributed by atoms with E-state index in [1.807, 2.05) is 19.1 Å². The van der Waals surface area contributed by atoms with Crippen LogP contribution in [0.1, 0.15) is 25.8 Å². The number of carbonyl (C=O) groups is 4. The van der Waals surface area contributed by atoms with Crippen molar-refractivity contribution in [1.82, 2.24) is 35.7 Å². The number of nitrogens with two attached hydrogens (primary N) is 1. The van der Waals surface area contributed by atoms with Crippen molar-refractivity contribution in [1.29, 1.82) is 0 Å². The van der Waals surface area contributed by atoms with Crippen molar-refractivity contribution in [2.75, 3.05) is 11.9 Å². The van der Waals surface area contributed by atoms with Crippen LogP contribution in [0.5, 0.6) is 0 Å². The minimum absolute atomic E-state index is 0.0103. The molecule has 1 aromatic carbocycles. The molecule has 3 aliphatic rings. The number of fused-ring (bicyclic) bond motifs is 1. The lowest BCUT2D eigenvalue weighted by Gasteiger charge is -2.47. The number of thioether (sulfide) groups is 1. The van der Waals surface area contributed by atoms with Gasteiger partial charge in [0.05, 0.1) is 18.0 Å². The van der Waals surface area contributed by atoms with Gasteiger partial charge in [0.1, 0.15) is 18.6 Å². The first-order chi connectivity index (χ1) is 19.2. The van der Waals surface area contributed by atoms with Gasteiger partial charge < -0.3 is 31.7 Å². The van der Waals surface area contributed by atoms with E-state index in [9.17, 15) is 24.3 Å². The Hall–Kier alpha value is -3.82. The van der Waals surface area contributed by atoms with Gasteiger partial charge in [-0.25, -0.2) is 9.48 Å². The number of amides is 3. The first-order valence-electron chi connectivity index (χ1n) is 13.0. The SMILES string of the molecule is C[C@@H](NC(=O)Cn1cnnn1)[C@H]1C(=O)N2C(C(=O)O)=C(S[C@@H]3CN[C@H](C(=O)Nc4ccc(CN)cc4)C3)[C@H](C)[C@H]12. The number of nitrogens with zero attached hydrogens (tertiary/aromatic N) is 5. The van der Waals surface area contributed by atoms with Crippen molar-refractivity contribution >= 4 is 41.1 Å². The summed E-state index contributed by atoms with van der Waals surface area (Å²) in [5.74, 6) is -2.82. The number of carboxylic acid groups (broad SMARTS) is 1. The summed E-state index contributed by atoms with van der Waals surface area (Å²) in [4.78, 5) is 52.7. The van der Waals surface area contributed by atoms with Crippen molar-refractivity contribution in [3.63, 3.8) is 0 Å². The molecule has 6 N–H and O–H groups in total. The summed E-state index contributed by atoms with van der Waals surface area (Å²) >= 11 is 1.41. The van der Waals surface area contributed by atoms with Crippen molar-refractivity contribution in [2.24, 2.45) is 17.6 Å². The van der Waals surface area contributed by atoms with E-state index in [1.165, 1.54) is 27.7 Å². The van der Waals surface area contributed by atoms with Crippen LogP contribution < -0.4 is 21.7 Å². The van der Waals surface area contributed by atoms with Gasteiger partial charge in [0.2, 0.25) is 17.7 Å². The molecular weight excluding hydrogens is 538 g/mol. The van der Waals surface area contributed by atoms with Crippen molar-refractivity contribution in [3.05, 3.63) is 46.8 Å². The van der Waals surface area contributed by atoms with Crippen LogP contribution in [0.2, 0.25) is 0 Å². The zero-order chi connectivity index (χ0) is 28.6. The highest BCUT2D eigenvalue weighted by Gasteiger charge is 2.60. The second kappa shape index (κ2) is 11.3. The van der Waals surface area contributed by atoms with Crippen molar-refractivity contribution in [3.8, 4) is 0 Å². The van der Waals surface area contributed by atoms with Crippen LogP contribution in [-0.2, 0) is 32.3 Å². The average Bonchev–Trinajstić information content (AvgIpc) is 3.65. The van der Waals surface area contributed by atoms with E-state index in [-0.39, 0.29) is 47.2 Å². The first-order valence-corrected chi connectivity index (χ1v) is 13.9. The molecule has 0 aliphatic carbocycles. The van der Waals surface area contributed by atoms with Gasteiger partial charge in [-0.05, 0) is 41.5 Å². The molecule has 3 aliphatic heterocycles. The minimum atomic E-state index is -1.17. The summed E-state index contributed by atoms with van der Waals surface area (Å²) in [5, 5.41) is 29.6. The topological polar surface area (TPSA) is 197 Å². The Balaban J connectivity index is 1.21. The number of benzene rings is 1. The summed E-state index contributed by atoms with van der Waals surface area (Å²) in [5.41, 5.74) is 7.26. The smallest absolute Gasteiger partial charge is 0.353 e. The van der Waals surface area contributed by atoms with Crippen LogP contribution in [0.4, 0.5) is 5.69 Å². The van der Waals surface area contributed by atoms with Crippen LogP contribution in [0.25, 0.3) is 0 Å². The summed E-state index contributed by atoms with van der Waals surface area (Å²) < 4.78 is 1.27. The third kappa shape index (κ3) is 5.31. The monoisotopic (exact) mass is 569 g/mol. The standard InChI is InChI=1S/C25H31N9O5S/c1-12-20-19(13(2)29-18(35)10-33-11-28-31-32-33)24(37)34(20)21(25(38)39)22(12)40-16-7-17(27-9-16)23(36)30-15-5-3-14(8-26)4-6-15/h3-6,11-13,16-17,19-20,27H,7-10,26H2,1-2H3,(H,29,35)(H,30,36)(H,38,39)/t12-,13-,16+,17+,19-,20-/m1/s1. The number of anilines is 1. The molecule has 212 valence electrons. The Labute approximate surface area is 234 Å². The molecule has 2 aromatic rings. The Kier molecular flexibility index (Phi) is 7.87. The number of aromatic nitrogens is 4.